The van der Waals surface area contributed by atoms with Gasteiger partial charge >= 0.3 is 0 Å². The fraction of sp³-hybridized carbons (Fsp3) is 0.455. The number of fused-ring (bicyclic) bond motifs is 1. The SMILES string of the molecule is COc1ncccc1Nc1cc(NCCN2CCOCC2)n2ncc(C(=O)N[C@@H]3C[C@@H]3F)c2n1. The Morgan fingerprint density at radius 2 is 2.18 bits per heavy atom. The molecule has 180 valence electrons. The second kappa shape index (κ2) is 9.77. The summed E-state index contributed by atoms with van der Waals surface area (Å²) >= 11 is 0. The number of carbonyl (C=O) groups is 1. The number of nitrogens with zero attached hydrogens (tertiary/aromatic N) is 5. The van der Waals surface area contributed by atoms with E-state index in [2.05, 4.69) is 35.9 Å². The van der Waals surface area contributed by atoms with Crippen molar-refractivity contribution >= 4 is 28.9 Å². The molecule has 0 aromatic carbocycles. The molecule has 0 radical (unpaired) electrons. The van der Waals surface area contributed by atoms with E-state index in [0.717, 1.165) is 32.8 Å². The van der Waals surface area contributed by atoms with Crippen molar-refractivity contribution in [2.75, 3.05) is 57.1 Å². The molecule has 5 rings (SSSR count). The third-order valence-electron chi connectivity index (χ3n) is 5.81. The minimum absolute atomic E-state index is 0.275. The second-order valence-corrected chi connectivity index (χ2v) is 8.22. The summed E-state index contributed by atoms with van der Waals surface area (Å²) in [6.45, 7) is 4.76. The van der Waals surface area contributed by atoms with Gasteiger partial charge in [-0.3, -0.25) is 9.69 Å². The van der Waals surface area contributed by atoms with Crippen LogP contribution in [0, 0.1) is 0 Å². The quantitative estimate of drug-likeness (QED) is 0.427. The number of carbonyl (C=O) groups excluding carboxylic acids is 1. The predicted molar refractivity (Wildman–Crippen MR) is 124 cm³/mol. The molecule has 12 heteroatoms. The third kappa shape index (κ3) is 4.87. The highest BCUT2D eigenvalue weighted by molar-refractivity contribution is 6.00. The van der Waals surface area contributed by atoms with Gasteiger partial charge in [0.1, 0.15) is 29.1 Å². The number of ether oxygens (including phenoxy) is 2. The van der Waals surface area contributed by atoms with E-state index in [9.17, 15) is 9.18 Å². The lowest BCUT2D eigenvalue weighted by atomic mass is 10.3. The van der Waals surface area contributed by atoms with E-state index < -0.39 is 18.1 Å². The van der Waals surface area contributed by atoms with Crippen LogP contribution in [0.15, 0.2) is 30.6 Å². The number of alkyl halides is 1. The molecule has 1 aliphatic carbocycles. The van der Waals surface area contributed by atoms with Gasteiger partial charge < -0.3 is 25.4 Å². The third-order valence-corrected chi connectivity index (χ3v) is 5.81. The maximum Gasteiger partial charge on any atom is 0.257 e. The molecule has 1 saturated carbocycles. The Balaban J connectivity index is 1.42. The molecule has 1 aliphatic heterocycles. The van der Waals surface area contributed by atoms with Crippen molar-refractivity contribution < 1.29 is 18.7 Å². The van der Waals surface area contributed by atoms with Crippen LogP contribution in [0.3, 0.4) is 0 Å². The summed E-state index contributed by atoms with van der Waals surface area (Å²) in [6.07, 6.45) is 2.43. The van der Waals surface area contributed by atoms with Gasteiger partial charge in [-0.1, -0.05) is 0 Å². The molecule has 1 amide bonds. The number of halogens is 1. The summed E-state index contributed by atoms with van der Waals surface area (Å²) < 4.78 is 25.6. The van der Waals surface area contributed by atoms with Gasteiger partial charge in [0.15, 0.2) is 5.65 Å². The molecule has 0 bridgehead atoms. The van der Waals surface area contributed by atoms with Crippen molar-refractivity contribution in [2.45, 2.75) is 18.6 Å². The minimum atomic E-state index is -0.994. The zero-order chi connectivity index (χ0) is 23.5. The number of pyridine rings is 1. The highest BCUT2D eigenvalue weighted by atomic mass is 19.1. The monoisotopic (exact) mass is 470 g/mol. The van der Waals surface area contributed by atoms with E-state index in [0.29, 0.717) is 41.8 Å². The summed E-state index contributed by atoms with van der Waals surface area (Å²) in [4.78, 5) is 23.9. The smallest absolute Gasteiger partial charge is 0.257 e. The molecule has 0 unspecified atom stereocenters. The summed E-state index contributed by atoms with van der Waals surface area (Å²) in [5.41, 5.74) is 1.26. The van der Waals surface area contributed by atoms with E-state index in [1.165, 1.54) is 13.3 Å². The molecule has 2 aliphatic rings. The van der Waals surface area contributed by atoms with Crippen LogP contribution in [0.2, 0.25) is 0 Å². The van der Waals surface area contributed by atoms with Crippen molar-refractivity contribution in [1.29, 1.82) is 0 Å². The highest BCUT2D eigenvalue weighted by Gasteiger charge is 2.39. The highest BCUT2D eigenvalue weighted by Crippen LogP contribution is 2.28. The van der Waals surface area contributed by atoms with Crippen molar-refractivity contribution in [3.63, 3.8) is 0 Å². The average Bonchev–Trinajstić information content (AvgIpc) is 3.37. The Morgan fingerprint density at radius 3 is 2.94 bits per heavy atom. The van der Waals surface area contributed by atoms with Crippen molar-refractivity contribution in [2.24, 2.45) is 0 Å². The zero-order valence-electron chi connectivity index (χ0n) is 18.8. The Kier molecular flexibility index (Phi) is 6.41. The second-order valence-electron chi connectivity index (χ2n) is 8.22. The van der Waals surface area contributed by atoms with Crippen LogP contribution in [-0.2, 0) is 4.74 Å². The summed E-state index contributed by atoms with van der Waals surface area (Å²) in [5, 5.41) is 13.7. The van der Waals surface area contributed by atoms with E-state index in [4.69, 9.17) is 9.47 Å². The number of rotatable bonds is 9. The molecule has 4 heterocycles. The normalized spacial score (nSPS) is 20.2. The maximum absolute atomic E-state index is 13.3. The maximum atomic E-state index is 13.3. The van der Waals surface area contributed by atoms with Gasteiger partial charge in [-0.25, -0.2) is 14.4 Å². The van der Waals surface area contributed by atoms with Crippen LogP contribution in [0.4, 0.5) is 21.7 Å². The lowest BCUT2D eigenvalue weighted by Gasteiger charge is -2.26. The lowest BCUT2D eigenvalue weighted by Crippen LogP contribution is -2.39. The molecule has 3 aromatic rings. The van der Waals surface area contributed by atoms with Gasteiger partial charge in [0.05, 0.1) is 32.6 Å². The number of anilines is 3. The number of hydrogen-bond acceptors (Lipinski definition) is 9. The molecule has 11 nitrogen and oxygen atoms in total. The Bertz CT molecular complexity index is 1170. The number of nitrogens with one attached hydrogen (secondary N) is 3. The van der Waals surface area contributed by atoms with Crippen molar-refractivity contribution in [3.05, 3.63) is 36.2 Å². The predicted octanol–water partition coefficient (Wildman–Crippen LogP) is 1.46. The molecule has 1 saturated heterocycles. The van der Waals surface area contributed by atoms with Gasteiger partial charge in [0, 0.05) is 44.9 Å². The summed E-state index contributed by atoms with van der Waals surface area (Å²) in [5.74, 6) is 1.16. The number of amides is 1. The molecule has 34 heavy (non-hydrogen) atoms. The van der Waals surface area contributed by atoms with E-state index in [-0.39, 0.29) is 5.56 Å². The summed E-state index contributed by atoms with van der Waals surface area (Å²) in [7, 11) is 1.54. The van der Waals surface area contributed by atoms with E-state index in [1.54, 1.807) is 16.8 Å². The van der Waals surface area contributed by atoms with Crippen molar-refractivity contribution in [3.8, 4) is 5.88 Å². The Morgan fingerprint density at radius 1 is 1.35 bits per heavy atom. The number of hydrogen-bond donors (Lipinski definition) is 3. The van der Waals surface area contributed by atoms with Gasteiger partial charge in [-0.05, 0) is 12.1 Å². The fourth-order valence-corrected chi connectivity index (χ4v) is 3.83. The largest absolute Gasteiger partial charge is 0.480 e. The molecule has 2 fully saturated rings. The van der Waals surface area contributed by atoms with Gasteiger partial charge in [0.25, 0.3) is 5.91 Å². The first-order chi connectivity index (χ1) is 16.6. The Hall–Kier alpha value is -3.51. The average molecular weight is 471 g/mol. The van der Waals surface area contributed by atoms with Crippen LogP contribution >= 0.6 is 0 Å². The number of morpholine rings is 1. The first-order valence-corrected chi connectivity index (χ1v) is 11.3. The van der Waals surface area contributed by atoms with Crippen LogP contribution < -0.4 is 20.7 Å². The number of aromatic nitrogens is 4. The Labute approximate surface area is 195 Å². The van der Waals surface area contributed by atoms with Gasteiger partial charge in [0.2, 0.25) is 5.88 Å². The number of methoxy groups -OCH3 is 1. The fourth-order valence-electron chi connectivity index (χ4n) is 3.83. The lowest BCUT2D eigenvalue weighted by molar-refractivity contribution is 0.0398. The molecule has 2 atom stereocenters. The molecule has 0 spiro atoms. The van der Waals surface area contributed by atoms with Crippen LogP contribution in [0.5, 0.6) is 5.88 Å². The molecular weight excluding hydrogens is 443 g/mol. The van der Waals surface area contributed by atoms with E-state index >= 15 is 0 Å². The molecule has 3 N–H and O–H groups in total. The standard InChI is InChI=1S/C22H27FN8O3/c1-33-22-16(3-2-4-25-22)27-18-12-19(24-5-6-30-7-9-34-10-8-30)31-20(29-18)14(13-26-31)21(32)28-17-11-15(17)23/h2-4,12-13,15,17,24H,5-11H2,1H3,(H,27,29)(H,28,32)/t15-,17+/m0/s1. The van der Waals surface area contributed by atoms with Crippen molar-refractivity contribution in [1.82, 2.24) is 29.8 Å². The first kappa shape index (κ1) is 22.3. The van der Waals surface area contributed by atoms with Crippen LogP contribution in [0.25, 0.3) is 5.65 Å². The van der Waals surface area contributed by atoms with Gasteiger partial charge in [-0.2, -0.15) is 9.61 Å². The molecule has 3 aromatic heterocycles. The van der Waals surface area contributed by atoms with E-state index in [1.807, 2.05) is 12.1 Å². The topological polar surface area (TPSA) is 118 Å². The van der Waals surface area contributed by atoms with Crippen LogP contribution in [0.1, 0.15) is 16.8 Å². The summed E-state index contributed by atoms with van der Waals surface area (Å²) in [6, 6.07) is 4.97. The first-order valence-electron chi connectivity index (χ1n) is 11.3. The minimum Gasteiger partial charge on any atom is -0.480 e. The zero-order valence-corrected chi connectivity index (χ0v) is 18.8. The van der Waals surface area contributed by atoms with Gasteiger partial charge in [-0.15, -0.1) is 0 Å². The van der Waals surface area contributed by atoms with Crippen LogP contribution in [-0.4, -0.2) is 89.1 Å². The molecular formula is C22H27FN8O3.